The fraction of sp³-hybridized carbons (Fsp3) is 0.179. The third-order valence-corrected chi connectivity index (χ3v) is 5.95. The van der Waals surface area contributed by atoms with Gasteiger partial charge in [0.15, 0.2) is 34.5 Å². The standard InChI is InChI=1S/C28H28BrNO7/c1-33-24-9-8-19(16-23(24)32)22(31)10-11-30-21-13-17(12-20(29)27(21)36-4)6-7-18-14-25(34-2)28(37-5)26(15-18)35-3/h6-16,30,32H,1-5H3. The van der Waals surface area contributed by atoms with Gasteiger partial charge in [0.05, 0.1) is 45.7 Å². The van der Waals surface area contributed by atoms with Crippen LogP contribution in [0, 0.1) is 0 Å². The van der Waals surface area contributed by atoms with Gasteiger partial charge in [0, 0.05) is 17.8 Å². The van der Waals surface area contributed by atoms with E-state index in [0.29, 0.717) is 40.0 Å². The highest BCUT2D eigenvalue weighted by Gasteiger charge is 2.13. The number of carbonyl (C=O) groups excluding carboxylic acids is 1. The Morgan fingerprint density at radius 1 is 0.784 bits per heavy atom. The number of ketones is 1. The number of rotatable bonds is 11. The minimum atomic E-state index is -0.290. The summed E-state index contributed by atoms with van der Waals surface area (Å²) >= 11 is 3.54. The van der Waals surface area contributed by atoms with E-state index in [1.165, 1.54) is 31.5 Å². The second-order valence-electron chi connectivity index (χ2n) is 7.60. The Balaban J connectivity index is 1.84. The Morgan fingerprint density at radius 3 is 1.92 bits per heavy atom. The van der Waals surface area contributed by atoms with E-state index in [0.717, 1.165) is 15.6 Å². The average Bonchev–Trinajstić information content (AvgIpc) is 2.90. The SMILES string of the molecule is COc1ccc(C(=O)C=CNc2cc(C=Cc3cc(OC)c(OC)c(OC)c3)cc(Br)c2OC)cc1O. The predicted molar refractivity (Wildman–Crippen MR) is 147 cm³/mol. The molecule has 0 heterocycles. The molecular formula is C28H28BrNO7. The summed E-state index contributed by atoms with van der Waals surface area (Å²) in [6.07, 6.45) is 6.72. The lowest BCUT2D eigenvalue weighted by Gasteiger charge is -2.13. The number of anilines is 1. The quantitative estimate of drug-likeness (QED) is 0.161. The summed E-state index contributed by atoms with van der Waals surface area (Å²) in [6, 6.07) is 12.0. The normalized spacial score (nSPS) is 11.0. The Labute approximate surface area is 224 Å². The van der Waals surface area contributed by atoms with E-state index in [4.69, 9.17) is 23.7 Å². The number of ether oxygens (including phenoxy) is 5. The number of allylic oxidation sites excluding steroid dienone is 1. The molecule has 0 aliphatic heterocycles. The van der Waals surface area contributed by atoms with Crippen LogP contribution in [0.1, 0.15) is 21.5 Å². The average molecular weight is 570 g/mol. The second kappa shape index (κ2) is 12.7. The van der Waals surface area contributed by atoms with Gasteiger partial charge in [-0.2, -0.15) is 0 Å². The Kier molecular flexibility index (Phi) is 9.45. The maximum atomic E-state index is 12.5. The third-order valence-electron chi connectivity index (χ3n) is 5.36. The van der Waals surface area contributed by atoms with Gasteiger partial charge in [0.2, 0.25) is 5.75 Å². The molecule has 3 aromatic carbocycles. The number of carbonyl (C=O) groups is 1. The number of nitrogens with one attached hydrogen (secondary N) is 1. The number of phenolic OH excluding ortho intramolecular Hbond substituents is 1. The molecule has 2 N–H and O–H groups in total. The van der Waals surface area contributed by atoms with Gasteiger partial charge in [-0.25, -0.2) is 0 Å². The highest BCUT2D eigenvalue weighted by Crippen LogP contribution is 2.39. The van der Waals surface area contributed by atoms with Crippen LogP contribution < -0.4 is 29.0 Å². The van der Waals surface area contributed by atoms with Crippen molar-refractivity contribution in [2.24, 2.45) is 0 Å². The van der Waals surface area contributed by atoms with Crippen molar-refractivity contribution in [2.75, 3.05) is 40.9 Å². The molecule has 8 nitrogen and oxygen atoms in total. The van der Waals surface area contributed by atoms with E-state index in [1.54, 1.807) is 34.5 Å². The number of halogens is 1. The molecule has 0 atom stereocenters. The van der Waals surface area contributed by atoms with Crippen molar-refractivity contribution in [3.8, 4) is 34.5 Å². The van der Waals surface area contributed by atoms with E-state index in [1.807, 2.05) is 36.4 Å². The first-order valence-electron chi connectivity index (χ1n) is 11.0. The van der Waals surface area contributed by atoms with Crippen LogP contribution in [0.25, 0.3) is 12.2 Å². The maximum absolute atomic E-state index is 12.5. The lowest BCUT2D eigenvalue weighted by Crippen LogP contribution is -1.99. The van der Waals surface area contributed by atoms with Crippen molar-refractivity contribution < 1.29 is 33.6 Å². The van der Waals surface area contributed by atoms with Gasteiger partial charge in [-0.15, -0.1) is 0 Å². The summed E-state index contributed by atoms with van der Waals surface area (Å²) in [6.45, 7) is 0. The summed E-state index contributed by atoms with van der Waals surface area (Å²) in [7, 11) is 7.70. The van der Waals surface area contributed by atoms with Crippen molar-refractivity contribution >= 4 is 39.6 Å². The Hall–Kier alpha value is -4.11. The molecule has 194 valence electrons. The highest BCUT2D eigenvalue weighted by atomic mass is 79.9. The minimum absolute atomic E-state index is 0.105. The topological polar surface area (TPSA) is 95.5 Å². The summed E-state index contributed by atoms with van der Waals surface area (Å²) in [4.78, 5) is 12.5. The molecule has 9 heteroatoms. The maximum Gasteiger partial charge on any atom is 0.203 e. The third kappa shape index (κ3) is 6.56. The van der Waals surface area contributed by atoms with Crippen molar-refractivity contribution in [3.63, 3.8) is 0 Å². The summed E-state index contributed by atoms with van der Waals surface area (Å²) in [5.74, 6) is 2.11. The second-order valence-corrected chi connectivity index (χ2v) is 8.46. The Morgan fingerprint density at radius 2 is 1.38 bits per heavy atom. The zero-order valence-corrected chi connectivity index (χ0v) is 22.7. The van der Waals surface area contributed by atoms with Crippen molar-refractivity contribution in [2.45, 2.75) is 0 Å². The van der Waals surface area contributed by atoms with E-state index in [9.17, 15) is 9.90 Å². The molecule has 0 aliphatic rings. The Bertz CT molecular complexity index is 1310. The molecule has 0 saturated heterocycles. The molecular weight excluding hydrogens is 542 g/mol. The van der Waals surface area contributed by atoms with Crippen molar-refractivity contribution in [1.29, 1.82) is 0 Å². The van der Waals surface area contributed by atoms with Gasteiger partial charge in [0.25, 0.3) is 0 Å². The number of aromatic hydroxyl groups is 1. The van der Waals surface area contributed by atoms with Crippen molar-refractivity contribution in [1.82, 2.24) is 0 Å². The van der Waals surface area contributed by atoms with E-state index < -0.39 is 0 Å². The molecule has 0 aromatic heterocycles. The molecule has 0 aliphatic carbocycles. The van der Waals surface area contributed by atoms with Gasteiger partial charge in [0.1, 0.15) is 0 Å². The molecule has 0 radical (unpaired) electrons. The van der Waals surface area contributed by atoms with Gasteiger partial charge in [-0.05, 0) is 69.5 Å². The van der Waals surface area contributed by atoms with Crippen LogP contribution in [0.2, 0.25) is 0 Å². The highest BCUT2D eigenvalue weighted by molar-refractivity contribution is 9.10. The van der Waals surface area contributed by atoms with Crippen LogP contribution >= 0.6 is 15.9 Å². The predicted octanol–water partition coefficient (Wildman–Crippen LogP) is 6.18. The number of phenols is 1. The molecule has 0 saturated carbocycles. The van der Waals surface area contributed by atoms with Crippen LogP contribution in [-0.2, 0) is 0 Å². The van der Waals surface area contributed by atoms with E-state index in [-0.39, 0.29) is 11.5 Å². The van der Waals surface area contributed by atoms with Gasteiger partial charge in [-0.3, -0.25) is 4.79 Å². The lowest BCUT2D eigenvalue weighted by molar-refractivity contribution is 0.104. The number of hydrogen-bond acceptors (Lipinski definition) is 8. The first-order valence-corrected chi connectivity index (χ1v) is 11.8. The van der Waals surface area contributed by atoms with E-state index in [2.05, 4.69) is 21.2 Å². The van der Waals surface area contributed by atoms with Crippen LogP contribution in [0.4, 0.5) is 5.69 Å². The summed E-state index contributed by atoms with van der Waals surface area (Å²) in [5.41, 5.74) is 2.68. The van der Waals surface area contributed by atoms with E-state index >= 15 is 0 Å². The van der Waals surface area contributed by atoms with Crippen LogP contribution in [0.15, 0.2) is 59.2 Å². The molecule has 37 heavy (non-hydrogen) atoms. The summed E-state index contributed by atoms with van der Waals surface area (Å²) in [5, 5.41) is 13.0. The van der Waals surface area contributed by atoms with Crippen LogP contribution in [0.5, 0.6) is 34.5 Å². The molecule has 0 bridgehead atoms. The first-order chi connectivity index (χ1) is 17.8. The zero-order chi connectivity index (χ0) is 26.9. The monoisotopic (exact) mass is 569 g/mol. The fourth-order valence-corrected chi connectivity index (χ4v) is 4.20. The number of benzene rings is 3. The van der Waals surface area contributed by atoms with Gasteiger partial charge < -0.3 is 34.1 Å². The first kappa shape index (κ1) is 27.5. The van der Waals surface area contributed by atoms with Gasteiger partial charge >= 0.3 is 0 Å². The van der Waals surface area contributed by atoms with Crippen molar-refractivity contribution in [3.05, 3.63) is 75.9 Å². The fourth-order valence-electron chi connectivity index (χ4n) is 3.56. The zero-order valence-electron chi connectivity index (χ0n) is 21.1. The largest absolute Gasteiger partial charge is 0.504 e. The number of hydrogen-bond donors (Lipinski definition) is 2. The minimum Gasteiger partial charge on any atom is -0.504 e. The molecule has 3 rings (SSSR count). The number of methoxy groups -OCH3 is 5. The molecule has 3 aromatic rings. The molecule has 0 amide bonds. The van der Waals surface area contributed by atoms with Crippen LogP contribution in [-0.4, -0.2) is 46.4 Å². The summed E-state index contributed by atoms with van der Waals surface area (Å²) < 4.78 is 27.5. The smallest absolute Gasteiger partial charge is 0.203 e. The lowest BCUT2D eigenvalue weighted by atomic mass is 10.1. The molecule has 0 unspecified atom stereocenters. The van der Waals surface area contributed by atoms with Crippen LogP contribution in [0.3, 0.4) is 0 Å². The van der Waals surface area contributed by atoms with Gasteiger partial charge in [-0.1, -0.05) is 12.2 Å². The molecule has 0 fully saturated rings. The molecule has 0 spiro atoms.